The zero-order chi connectivity index (χ0) is 7.56. The molecule has 0 aliphatic heterocycles. The Morgan fingerprint density at radius 2 is 2.50 bits per heavy atom. The van der Waals surface area contributed by atoms with E-state index in [2.05, 4.69) is 34.6 Å². The van der Waals surface area contributed by atoms with Gasteiger partial charge in [0.15, 0.2) is 5.82 Å². The molecule has 0 aromatic carbocycles. The SMILES string of the molecule is CCCn1cc(I)c(N)n1. The summed E-state index contributed by atoms with van der Waals surface area (Å²) in [5.41, 5.74) is 5.53. The summed E-state index contributed by atoms with van der Waals surface area (Å²) in [7, 11) is 0. The van der Waals surface area contributed by atoms with Crippen molar-refractivity contribution in [3.8, 4) is 0 Å². The maximum Gasteiger partial charge on any atom is 0.158 e. The molecule has 1 aromatic rings. The fraction of sp³-hybridized carbons (Fsp3) is 0.500. The summed E-state index contributed by atoms with van der Waals surface area (Å²) in [6, 6.07) is 0. The van der Waals surface area contributed by atoms with E-state index >= 15 is 0 Å². The van der Waals surface area contributed by atoms with Crippen LogP contribution >= 0.6 is 22.6 Å². The Morgan fingerprint density at radius 1 is 1.80 bits per heavy atom. The lowest BCUT2D eigenvalue weighted by atomic mass is 10.5. The average molecular weight is 251 g/mol. The van der Waals surface area contributed by atoms with Crippen molar-refractivity contribution in [2.24, 2.45) is 0 Å². The molecule has 0 saturated carbocycles. The molecule has 0 saturated heterocycles. The van der Waals surface area contributed by atoms with Crippen LogP contribution in [0.2, 0.25) is 0 Å². The lowest BCUT2D eigenvalue weighted by Gasteiger charge is -1.93. The number of nitrogen functional groups attached to an aromatic ring is 1. The number of hydrogen-bond acceptors (Lipinski definition) is 2. The Hall–Kier alpha value is -0.260. The minimum atomic E-state index is 0.633. The first kappa shape index (κ1) is 7.84. The topological polar surface area (TPSA) is 43.8 Å². The molecule has 2 N–H and O–H groups in total. The van der Waals surface area contributed by atoms with E-state index in [9.17, 15) is 0 Å². The van der Waals surface area contributed by atoms with Crippen LogP contribution in [-0.2, 0) is 6.54 Å². The molecule has 1 heterocycles. The van der Waals surface area contributed by atoms with E-state index in [0.29, 0.717) is 5.82 Å². The van der Waals surface area contributed by atoms with Crippen LogP contribution in [0.5, 0.6) is 0 Å². The van der Waals surface area contributed by atoms with Crippen molar-refractivity contribution < 1.29 is 0 Å². The van der Waals surface area contributed by atoms with E-state index in [1.165, 1.54) is 0 Å². The summed E-state index contributed by atoms with van der Waals surface area (Å²) in [6.45, 7) is 3.07. The Bertz CT molecular complexity index is 199. The highest BCUT2D eigenvalue weighted by Gasteiger charge is 1.99. The number of rotatable bonds is 2. The number of nitrogens with zero attached hydrogens (tertiary/aromatic N) is 2. The van der Waals surface area contributed by atoms with Crippen LogP contribution < -0.4 is 5.73 Å². The monoisotopic (exact) mass is 251 g/mol. The zero-order valence-corrected chi connectivity index (χ0v) is 8.00. The fourth-order valence-electron chi connectivity index (χ4n) is 0.756. The minimum Gasteiger partial charge on any atom is -0.381 e. The van der Waals surface area contributed by atoms with Gasteiger partial charge in [-0.3, -0.25) is 4.68 Å². The van der Waals surface area contributed by atoms with Gasteiger partial charge in [-0.05, 0) is 29.0 Å². The Kier molecular flexibility index (Phi) is 2.53. The van der Waals surface area contributed by atoms with Gasteiger partial charge in [0.25, 0.3) is 0 Å². The second-order valence-corrected chi connectivity index (χ2v) is 3.29. The highest BCUT2D eigenvalue weighted by molar-refractivity contribution is 14.1. The molecule has 0 aliphatic rings. The van der Waals surface area contributed by atoms with E-state index < -0.39 is 0 Å². The highest BCUT2D eigenvalue weighted by atomic mass is 127. The van der Waals surface area contributed by atoms with Gasteiger partial charge < -0.3 is 5.73 Å². The molecule has 1 rings (SSSR count). The number of halogens is 1. The Labute approximate surface area is 73.7 Å². The lowest BCUT2D eigenvalue weighted by Crippen LogP contribution is -1.97. The molecule has 0 radical (unpaired) electrons. The molecule has 0 spiro atoms. The fourth-order valence-corrected chi connectivity index (χ4v) is 1.19. The van der Waals surface area contributed by atoms with Crippen molar-refractivity contribution in [2.75, 3.05) is 5.73 Å². The smallest absolute Gasteiger partial charge is 0.158 e. The molecule has 3 nitrogen and oxygen atoms in total. The van der Waals surface area contributed by atoms with Crippen LogP contribution in [0, 0.1) is 3.57 Å². The Balaban J connectivity index is 2.77. The van der Waals surface area contributed by atoms with Gasteiger partial charge in [0.1, 0.15) is 0 Å². The molecule has 4 heteroatoms. The number of hydrogen-bond donors (Lipinski definition) is 1. The average Bonchev–Trinajstić information content (AvgIpc) is 2.14. The van der Waals surface area contributed by atoms with Crippen molar-refractivity contribution in [1.82, 2.24) is 9.78 Å². The van der Waals surface area contributed by atoms with Crippen molar-refractivity contribution in [3.05, 3.63) is 9.77 Å². The molecule has 0 aliphatic carbocycles. The molecule has 0 bridgehead atoms. The second kappa shape index (κ2) is 3.23. The van der Waals surface area contributed by atoms with Gasteiger partial charge in [-0.15, -0.1) is 0 Å². The molecule has 1 aromatic heterocycles. The summed E-state index contributed by atoms with van der Waals surface area (Å²) in [5.74, 6) is 0.633. The molecular weight excluding hydrogens is 241 g/mol. The number of nitrogens with two attached hydrogens (primary N) is 1. The number of anilines is 1. The first-order valence-corrected chi connectivity index (χ1v) is 4.30. The highest BCUT2D eigenvalue weighted by Crippen LogP contribution is 2.11. The molecule has 0 unspecified atom stereocenters. The first-order valence-electron chi connectivity index (χ1n) is 3.22. The maximum absolute atomic E-state index is 5.53. The van der Waals surface area contributed by atoms with E-state index in [1.807, 2.05) is 10.9 Å². The van der Waals surface area contributed by atoms with Crippen molar-refractivity contribution >= 4 is 28.4 Å². The zero-order valence-electron chi connectivity index (χ0n) is 5.84. The van der Waals surface area contributed by atoms with Crippen molar-refractivity contribution in [3.63, 3.8) is 0 Å². The molecule has 0 atom stereocenters. The second-order valence-electron chi connectivity index (χ2n) is 2.13. The summed E-state index contributed by atoms with van der Waals surface area (Å²) in [5, 5.41) is 4.09. The van der Waals surface area contributed by atoms with Gasteiger partial charge in [-0.25, -0.2) is 0 Å². The largest absolute Gasteiger partial charge is 0.381 e. The maximum atomic E-state index is 5.53. The van der Waals surface area contributed by atoms with E-state index in [0.717, 1.165) is 16.5 Å². The standard InChI is InChI=1S/C6H10IN3/c1-2-3-10-4-5(7)6(8)9-10/h4H,2-3H2,1H3,(H2,8,9). The van der Waals surface area contributed by atoms with Crippen LogP contribution in [0.25, 0.3) is 0 Å². The van der Waals surface area contributed by atoms with Gasteiger partial charge in [-0.2, -0.15) is 5.10 Å². The summed E-state index contributed by atoms with van der Waals surface area (Å²) in [4.78, 5) is 0. The van der Waals surface area contributed by atoms with Crippen molar-refractivity contribution in [1.29, 1.82) is 0 Å². The molecule has 56 valence electrons. The van der Waals surface area contributed by atoms with Crippen LogP contribution in [0.3, 0.4) is 0 Å². The van der Waals surface area contributed by atoms with Crippen LogP contribution in [0.15, 0.2) is 6.20 Å². The molecular formula is C6H10IN3. The number of aromatic nitrogens is 2. The summed E-state index contributed by atoms with van der Waals surface area (Å²) < 4.78 is 2.91. The predicted molar refractivity (Wildman–Crippen MR) is 49.6 cm³/mol. The van der Waals surface area contributed by atoms with Crippen molar-refractivity contribution in [2.45, 2.75) is 19.9 Å². The lowest BCUT2D eigenvalue weighted by molar-refractivity contribution is 0.605. The van der Waals surface area contributed by atoms with Gasteiger partial charge in [0, 0.05) is 12.7 Å². The van der Waals surface area contributed by atoms with Crippen LogP contribution in [0.4, 0.5) is 5.82 Å². The minimum absolute atomic E-state index is 0.633. The van der Waals surface area contributed by atoms with Gasteiger partial charge in [0.05, 0.1) is 3.57 Å². The Morgan fingerprint density at radius 3 is 2.90 bits per heavy atom. The number of aryl methyl sites for hydroxylation is 1. The van der Waals surface area contributed by atoms with Gasteiger partial charge >= 0.3 is 0 Å². The van der Waals surface area contributed by atoms with Crippen LogP contribution in [0.1, 0.15) is 13.3 Å². The van der Waals surface area contributed by atoms with E-state index in [1.54, 1.807) is 0 Å². The predicted octanol–water partition coefficient (Wildman–Crippen LogP) is 1.48. The first-order chi connectivity index (χ1) is 4.74. The normalized spacial score (nSPS) is 10.2. The third-order valence-electron chi connectivity index (χ3n) is 1.20. The molecule has 10 heavy (non-hydrogen) atoms. The quantitative estimate of drug-likeness (QED) is 0.809. The van der Waals surface area contributed by atoms with E-state index in [4.69, 9.17) is 5.73 Å². The third-order valence-corrected chi connectivity index (χ3v) is 2.03. The molecule has 0 fully saturated rings. The molecule has 0 amide bonds. The van der Waals surface area contributed by atoms with Crippen LogP contribution in [-0.4, -0.2) is 9.78 Å². The summed E-state index contributed by atoms with van der Waals surface area (Å²) in [6.07, 6.45) is 3.05. The third kappa shape index (κ3) is 1.62. The van der Waals surface area contributed by atoms with Gasteiger partial charge in [0.2, 0.25) is 0 Å². The summed E-state index contributed by atoms with van der Waals surface area (Å²) >= 11 is 2.18. The van der Waals surface area contributed by atoms with Gasteiger partial charge in [-0.1, -0.05) is 6.92 Å². The van der Waals surface area contributed by atoms with E-state index in [-0.39, 0.29) is 0 Å².